The zero-order valence-electron chi connectivity index (χ0n) is 23.2. The summed E-state index contributed by atoms with van der Waals surface area (Å²) in [4.78, 5) is 3.69. The predicted octanol–water partition coefficient (Wildman–Crippen LogP) is 11.3. The quantitative estimate of drug-likeness (QED) is 0.194. The lowest BCUT2D eigenvalue weighted by Crippen LogP contribution is -1.97. The number of para-hydroxylation sites is 2. The molecule has 0 N–H and O–H groups in total. The molecule has 43 heavy (non-hydrogen) atoms. The summed E-state index contributed by atoms with van der Waals surface area (Å²) in [5.74, 6) is 1.94. The number of thioether (sulfide) groups is 1. The second-order valence-electron chi connectivity index (χ2n) is 11.1. The highest BCUT2D eigenvalue weighted by Gasteiger charge is 2.20. The molecule has 9 rings (SSSR count). The van der Waals surface area contributed by atoms with Gasteiger partial charge in [0.1, 0.15) is 11.2 Å². The van der Waals surface area contributed by atoms with Gasteiger partial charge in [-0.2, -0.15) is 11.8 Å². The molecule has 0 atom stereocenters. The van der Waals surface area contributed by atoms with Crippen molar-refractivity contribution in [3.8, 4) is 27.9 Å². The Morgan fingerprint density at radius 2 is 1.42 bits per heavy atom. The topological polar surface area (TPSA) is 22.4 Å². The fourth-order valence-corrected chi connectivity index (χ4v) is 7.85. The first kappa shape index (κ1) is 24.4. The molecule has 202 valence electrons. The maximum absolute atomic E-state index is 7.54. The molecule has 8 aromatic rings. The van der Waals surface area contributed by atoms with Gasteiger partial charge in [0.2, 0.25) is 0 Å². The summed E-state index contributed by atoms with van der Waals surface area (Å²) in [6.07, 6.45) is 0. The summed E-state index contributed by atoms with van der Waals surface area (Å²) in [5.41, 5.74) is 13.6. The van der Waals surface area contributed by atoms with Crippen LogP contribution in [0.25, 0.3) is 76.5 Å². The van der Waals surface area contributed by atoms with Crippen molar-refractivity contribution in [2.24, 2.45) is 0 Å². The number of furan rings is 1. The maximum Gasteiger partial charge on any atom is 0.188 e. The van der Waals surface area contributed by atoms with Crippen molar-refractivity contribution < 1.29 is 4.42 Å². The minimum Gasteiger partial charge on any atom is -0.456 e. The van der Waals surface area contributed by atoms with Crippen molar-refractivity contribution in [2.45, 2.75) is 11.5 Å². The van der Waals surface area contributed by atoms with Crippen molar-refractivity contribution in [1.82, 2.24) is 4.57 Å². The molecule has 0 unspecified atom stereocenters. The van der Waals surface area contributed by atoms with Gasteiger partial charge in [-0.3, -0.25) is 0 Å². The second-order valence-corrected chi connectivity index (χ2v) is 12.1. The molecular formula is C39H24N2OS. The number of aromatic nitrogens is 1. The van der Waals surface area contributed by atoms with Crippen LogP contribution in [-0.4, -0.2) is 4.57 Å². The van der Waals surface area contributed by atoms with E-state index in [9.17, 15) is 0 Å². The number of hydrogen-bond donors (Lipinski definition) is 0. The number of benzene rings is 6. The third-order valence-corrected chi connectivity index (χ3v) is 9.79. The van der Waals surface area contributed by atoms with E-state index in [4.69, 9.17) is 11.0 Å². The van der Waals surface area contributed by atoms with Gasteiger partial charge in [-0.1, -0.05) is 72.8 Å². The van der Waals surface area contributed by atoms with Gasteiger partial charge in [-0.25, -0.2) is 4.85 Å². The third-order valence-electron chi connectivity index (χ3n) is 8.76. The minimum absolute atomic E-state index is 0.665. The molecule has 0 radical (unpaired) electrons. The smallest absolute Gasteiger partial charge is 0.188 e. The molecule has 1 aliphatic rings. The van der Waals surface area contributed by atoms with Crippen LogP contribution < -0.4 is 0 Å². The molecule has 0 fully saturated rings. The lowest BCUT2D eigenvalue weighted by molar-refractivity contribution is 0.669. The van der Waals surface area contributed by atoms with E-state index >= 15 is 0 Å². The van der Waals surface area contributed by atoms with Gasteiger partial charge in [-0.05, 0) is 87.3 Å². The van der Waals surface area contributed by atoms with E-state index in [2.05, 4.69) is 106 Å². The summed E-state index contributed by atoms with van der Waals surface area (Å²) in [6, 6.07) is 43.1. The Balaban J connectivity index is 1.23. The zero-order chi connectivity index (χ0) is 28.5. The Labute approximate surface area is 252 Å². The Morgan fingerprint density at radius 3 is 2.35 bits per heavy atom. The number of rotatable bonds is 2. The number of hydrogen-bond acceptors (Lipinski definition) is 2. The fraction of sp³-hybridized carbons (Fsp3) is 0.0513. The highest BCUT2D eigenvalue weighted by molar-refractivity contribution is 7.97. The first-order valence-corrected chi connectivity index (χ1v) is 15.6. The van der Waals surface area contributed by atoms with Crippen LogP contribution in [0.1, 0.15) is 11.1 Å². The van der Waals surface area contributed by atoms with Gasteiger partial charge < -0.3 is 8.98 Å². The van der Waals surface area contributed by atoms with E-state index in [1.807, 2.05) is 36.0 Å². The molecule has 0 bridgehead atoms. The Morgan fingerprint density at radius 1 is 0.605 bits per heavy atom. The zero-order valence-corrected chi connectivity index (χ0v) is 24.0. The van der Waals surface area contributed by atoms with Crippen LogP contribution in [0.3, 0.4) is 0 Å². The number of fused-ring (bicyclic) bond motifs is 9. The van der Waals surface area contributed by atoms with Crippen LogP contribution in [-0.2, 0) is 11.5 Å². The highest BCUT2D eigenvalue weighted by Crippen LogP contribution is 2.43. The van der Waals surface area contributed by atoms with Gasteiger partial charge in [0.05, 0.1) is 17.6 Å². The van der Waals surface area contributed by atoms with Crippen LogP contribution in [0.15, 0.2) is 126 Å². The monoisotopic (exact) mass is 568 g/mol. The van der Waals surface area contributed by atoms with Crippen molar-refractivity contribution >= 4 is 61.2 Å². The largest absolute Gasteiger partial charge is 0.456 e. The lowest BCUT2D eigenvalue weighted by atomic mass is 9.92. The van der Waals surface area contributed by atoms with Crippen LogP contribution >= 0.6 is 11.8 Å². The summed E-state index contributed by atoms with van der Waals surface area (Å²) < 4.78 is 8.54. The van der Waals surface area contributed by atoms with E-state index in [0.717, 1.165) is 50.2 Å². The Kier molecular flexibility index (Phi) is 5.32. The Hall–Kier alpha value is -5.24. The normalized spacial score (nSPS) is 12.8. The van der Waals surface area contributed by atoms with E-state index in [-0.39, 0.29) is 0 Å². The van der Waals surface area contributed by atoms with Gasteiger partial charge in [-0.15, -0.1) is 0 Å². The molecule has 3 nitrogen and oxygen atoms in total. The highest BCUT2D eigenvalue weighted by atomic mass is 32.2. The van der Waals surface area contributed by atoms with Crippen molar-refractivity contribution in [1.29, 1.82) is 0 Å². The third kappa shape index (κ3) is 3.69. The first-order valence-electron chi connectivity index (χ1n) is 14.4. The van der Waals surface area contributed by atoms with Gasteiger partial charge in [0, 0.05) is 33.4 Å². The lowest BCUT2D eigenvalue weighted by Gasteiger charge is -2.15. The second kappa shape index (κ2) is 9.39. The summed E-state index contributed by atoms with van der Waals surface area (Å²) in [6.45, 7) is 7.54. The van der Waals surface area contributed by atoms with E-state index in [1.54, 1.807) is 0 Å². The molecule has 0 saturated carbocycles. The summed E-state index contributed by atoms with van der Waals surface area (Å²) >= 11 is 1.97. The van der Waals surface area contributed by atoms with E-state index in [0.29, 0.717) is 5.69 Å². The van der Waals surface area contributed by atoms with Crippen LogP contribution in [0, 0.1) is 6.57 Å². The molecule has 2 aromatic heterocycles. The molecule has 3 heterocycles. The standard InChI is InChI=1S/C39H24N2OS/c1-40-27-15-18-36-34(20-27)31-7-2-4-10-35(31)41(36)28-16-13-25-22-43-23-26-19-24(14-17-29(26)33(25)21-28)30-9-6-12-38-39(30)32-8-3-5-11-37(32)42-38/h2-21H,22-23H2. The average molecular weight is 569 g/mol. The minimum atomic E-state index is 0.665. The predicted molar refractivity (Wildman–Crippen MR) is 180 cm³/mol. The average Bonchev–Trinajstić information content (AvgIpc) is 3.54. The first-order chi connectivity index (χ1) is 21.3. The molecule has 0 saturated heterocycles. The van der Waals surface area contributed by atoms with E-state index in [1.165, 1.54) is 44.2 Å². The van der Waals surface area contributed by atoms with E-state index < -0.39 is 0 Å². The van der Waals surface area contributed by atoms with Crippen molar-refractivity contribution in [3.63, 3.8) is 0 Å². The Bertz CT molecular complexity index is 2460. The van der Waals surface area contributed by atoms with Gasteiger partial charge in [0.15, 0.2) is 5.69 Å². The molecule has 4 heteroatoms. The molecule has 0 aliphatic carbocycles. The maximum atomic E-state index is 7.54. The summed E-state index contributed by atoms with van der Waals surface area (Å²) in [5, 5.41) is 4.61. The van der Waals surface area contributed by atoms with Crippen LogP contribution in [0.2, 0.25) is 0 Å². The SMILES string of the molecule is [C-]#[N+]c1ccc2c(c1)c1ccccc1n2-c1ccc2c(c1)-c1ccc(-c3cccc4oc5ccccc5c34)cc1CSC2. The van der Waals surface area contributed by atoms with Crippen LogP contribution in [0.5, 0.6) is 0 Å². The molecule has 0 amide bonds. The summed E-state index contributed by atoms with van der Waals surface area (Å²) in [7, 11) is 0. The van der Waals surface area contributed by atoms with Crippen molar-refractivity contribution in [3.05, 3.63) is 144 Å². The molecule has 6 aromatic carbocycles. The van der Waals surface area contributed by atoms with Crippen LogP contribution in [0.4, 0.5) is 5.69 Å². The fourth-order valence-electron chi connectivity index (χ4n) is 6.82. The molecule has 0 spiro atoms. The molecular weight excluding hydrogens is 545 g/mol. The van der Waals surface area contributed by atoms with Crippen molar-refractivity contribution in [2.75, 3.05) is 0 Å². The number of nitrogens with zero attached hydrogens (tertiary/aromatic N) is 2. The van der Waals surface area contributed by atoms with Gasteiger partial charge >= 0.3 is 0 Å². The molecule has 1 aliphatic heterocycles. The van der Waals surface area contributed by atoms with Gasteiger partial charge in [0.25, 0.3) is 0 Å².